The molecule has 1 saturated heterocycles. The van der Waals surface area contributed by atoms with Crippen molar-refractivity contribution in [3.63, 3.8) is 0 Å². The molecule has 1 fully saturated rings. The molecule has 2 aliphatic heterocycles. The number of aliphatic hydroxyl groups excluding tert-OH is 1. The molecule has 9 nitrogen and oxygen atoms in total. The lowest BCUT2D eigenvalue weighted by Gasteiger charge is -2.24. The number of carbonyl (C=O) groups excluding carboxylic acids is 2. The quantitative estimate of drug-likeness (QED) is 0.269. The van der Waals surface area contributed by atoms with Gasteiger partial charge in [-0.1, -0.05) is 23.2 Å². The number of Topliss-reactive ketones (excluding diaryl/α,β-unsaturated/α-hetero) is 1. The molecule has 0 saturated carbocycles. The molecular weight excluding hydrogens is 513 g/mol. The minimum Gasteiger partial charge on any atom is -0.507 e. The lowest BCUT2D eigenvalue weighted by atomic mass is 9.98. The van der Waals surface area contributed by atoms with Crippen LogP contribution in [-0.2, 0) is 9.59 Å². The van der Waals surface area contributed by atoms with Crippen LogP contribution in [0.15, 0.2) is 46.4 Å². The molecule has 36 heavy (non-hydrogen) atoms. The van der Waals surface area contributed by atoms with Crippen LogP contribution in [-0.4, -0.2) is 37.8 Å². The van der Waals surface area contributed by atoms with E-state index in [0.717, 1.165) is 0 Å². The molecule has 1 atom stereocenters. The summed E-state index contributed by atoms with van der Waals surface area (Å²) in [6.45, 7) is 1.76. The average molecular weight is 532 g/mol. The van der Waals surface area contributed by atoms with E-state index >= 15 is 0 Å². The second kappa shape index (κ2) is 9.00. The van der Waals surface area contributed by atoms with E-state index in [-0.39, 0.29) is 45.2 Å². The molecule has 1 N–H and O–H groups in total. The van der Waals surface area contributed by atoms with Gasteiger partial charge < -0.3 is 28.5 Å². The molecular formula is C25H19Cl2NO8. The highest BCUT2D eigenvalue weighted by atomic mass is 35.5. The number of hydrogen-bond acceptors (Lipinski definition) is 8. The normalized spacial score (nSPS) is 18.1. The fraction of sp³-hybridized carbons (Fsp3) is 0.200. The Hall–Kier alpha value is -3.82. The van der Waals surface area contributed by atoms with Gasteiger partial charge in [0.25, 0.3) is 11.7 Å². The molecule has 3 heterocycles. The summed E-state index contributed by atoms with van der Waals surface area (Å²) in [5.74, 6) is -0.477. The highest BCUT2D eigenvalue weighted by Gasteiger charge is 2.49. The van der Waals surface area contributed by atoms with E-state index in [1.165, 1.54) is 25.2 Å². The van der Waals surface area contributed by atoms with Gasteiger partial charge in [-0.05, 0) is 37.3 Å². The van der Waals surface area contributed by atoms with Crippen molar-refractivity contribution in [3.05, 3.63) is 69.1 Å². The van der Waals surface area contributed by atoms with Gasteiger partial charge in [0.1, 0.15) is 28.3 Å². The second-order valence-electron chi connectivity index (χ2n) is 7.94. The first-order valence-corrected chi connectivity index (χ1v) is 11.4. The van der Waals surface area contributed by atoms with Crippen LogP contribution >= 0.6 is 23.2 Å². The van der Waals surface area contributed by atoms with Crippen molar-refractivity contribution in [1.82, 2.24) is 0 Å². The second-order valence-corrected chi connectivity index (χ2v) is 8.73. The predicted octanol–water partition coefficient (Wildman–Crippen LogP) is 5.27. The Balaban J connectivity index is 1.74. The number of rotatable bonds is 5. The van der Waals surface area contributed by atoms with Gasteiger partial charge >= 0.3 is 0 Å². The number of methoxy groups -OCH3 is 2. The maximum atomic E-state index is 13.4. The lowest BCUT2D eigenvalue weighted by molar-refractivity contribution is -0.132. The van der Waals surface area contributed by atoms with E-state index in [9.17, 15) is 14.7 Å². The van der Waals surface area contributed by atoms with Gasteiger partial charge in [-0.2, -0.15) is 0 Å². The Morgan fingerprint density at radius 1 is 1.03 bits per heavy atom. The Morgan fingerprint density at radius 3 is 2.42 bits per heavy atom. The van der Waals surface area contributed by atoms with Gasteiger partial charge in [0, 0.05) is 11.8 Å². The first-order valence-electron chi connectivity index (χ1n) is 10.6. The lowest BCUT2D eigenvalue weighted by Crippen LogP contribution is -2.29. The smallest absolute Gasteiger partial charge is 0.300 e. The van der Waals surface area contributed by atoms with Crippen LogP contribution < -0.4 is 23.8 Å². The highest BCUT2D eigenvalue weighted by Crippen LogP contribution is 2.49. The molecule has 1 unspecified atom stereocenters. The number of ether oxygens (including phenoxy) is 4. The highest BCUT2D eigenvalue weighted by molar-refractivity contribution is 6.52. The summed E-state index contributed by atoms with van der Waals surface area (Å²) in [6, 6.07) is 8.39. The maximum Gasteiger partial charge on any atom is 0.300 e. The Labute approximate surface area is 215 Å². The number of halogens is 2. The van der Waals surface area contributed by atoms with Gasteiger partial charge in [0.2, 0.25) is 6.79 Å². The zero-order valence-electron chi connectivity index (χ0n) is 19.3. The maximum absolute atomic E-state index is 13.4. The average Bonchev–Trinajstić information content (AvgIpc) is 3.56. The van der Waals surface area contributed by atoms with Crippen molar-refractivity contribution < 1.29 is 38.1 Å². The number of fused-ring (bicyclic) bond motifs is 1. The van der Waals surface area contributed by atoms with Crippen molar-refractivity contribution in [1.29, 1.82) is 0 Å². The molecule has 5 rings (SSSR count). The third-order valence-corrected chi connectivity index (χ3v) is 6.53. The van der Waals surface area contributed by atoms with Crippen LogP contribution in [0.4, 0.5) is 5.69 Å². The molecule has 11 heteroatoms. The van der Waals surface area contributed by atoms with Crippen LogP contribution in [0.1, 0.15) is 23.1 Å². The molecule has 2 aromatic carbocycles. The Morgan fingerprint density at radius 2 is 1.75 bits per heavy atom. The van der Waals surface area contributed by atoms with Crippen molar-refractivity contribution >= 4 is 46.3 Å². The topological polar surface area (TPSA) is 108 Å². The van der Waals surface area contributed by atoms with Crippen molar-refractivity contribution in [3.8, 4) is 23.0 Å². The number of anilines is 1. The standard InChI is InChI=1S/C25H19Cl2NO8/c1-11-4-6-16(36-11)20-18(21(29)13-9-14(26)24(33-3)19(27)23(13)32-2)22(30)25(31)28(20)12-5-7-15-17(8-12)35-10-34-15/h4-9,20,29H,10H2,1-3H3/b21-18-. The van der Waals surface area contributed by atoms with E-state index in [4.69, 9.17) is 46.6 Å². The minimum atomic E-state index is -1.11. The van der Waals surface area contributed by atoms with Crippen molar-refractivity contribution in [2.45, 2.75) is 13.0 Å². The zero-order valence-corrected chi connectivity index (χ0v) is 20.8. The van der Waals surface area contributed by atoms with E-state index < -0.39 is 23.5 Å². The number of aryl methyl sites for hydroxylation is 1. The van der Waals surface area contributed by atoms with Crippen molar-refractivity contribution in [2.75, 3.05) is 25.9 Å². The SMILES string of the molecule is COc1c(Cl)cc(/C(O)=C2/C(=O)C(=O)N(c3ccc4c(c3)OCO4)C2c2ccc(C)o2)c(OC)c1Cl. The van der Waals surface area contributed by atoms with E-state index in [1.54, 1.807) is 37.3 Å². The van der Waals surface area contributed by atoms with Crippen LogP contribution in [0, 0.1) is 6.92 Å². The van der Waals surface area contributed by atoms with Gasteiger partial charge in [-0.25, -0.2) is 0 Å². The van der Waals surface area contributed by atoms with Crippen molar-refractivity contribution in [2.24, 2.45) is 0 Å². The summed E-state index contributed by atoms with van der Waals surface area (Å²) < 4.78 is 27.2. The number of furan rings is 1. The summed E-state index contributed by atoms with van der Waals surface area (Å²) in [7, 11) is 2.71. The number of nitrogens with zero attached hydrogens (tertiary/aromatic N) is 1. The van der Waals surface area contributed by atoms with Gasteiger partial charge in [0.05, 0.1) is 30.4 Å². The van der Waals surface area contributed by atoms with Crippen LogP contribution in [0.3, 0.4) is 0 Å². The number of carbonyl (C=O) groups is 2. The summed E-state index contributed by atoms with van der Waals surface area (Å²) in [5, 5.41) is 11.5. The minimum absolute atomic E-state index is 0.00487. The zero-order chi connectivity index (χ0) is 25.7. The summed E-state index contributed by atoms with van der Waals surface area (Å²) >= 11 is 12.7. The Bertz CT molecular complexity index is 1440. The predicted molar refractivity (Wildman–Crippen MR) is 130 cm³/mol. The Kier molecular flexibility index (Phi) is 5.97. The summed E-state index contributed by atoms with van der Waals surface area (Å²) in [4.78, 5) is 28.0. The summed E-state index contributed by atoms with van der Waals surface area (Å²) in [6.07, 6.45) is 0. The molecule has 2 aliphatic rings. The third-order valence-electron chi connectivity index (χ3n) is 5.90. The van der Waals surface area contributed by atoms with Crippen LogP contribution in [0.25, 0.3) is 5.76 Å². The molecule has 186 valence electrons. The third kappa shape index (κ3) is 3.63. The molecule has 3 aromatic rings. The van der Waals surface area contributed by atoms with E-state index in [0.29, 0.717) is 22.9 Å². The number of ketones is 1. The largest absolute Gasteiger partial charge is 0.507 e. The summed E-state index contributed by atoms with van der Waals surface area (Å²) in [5.41, 5.74) is 0.116. The molecule has 0 spiro atoms. The monoisotopic (exact) mass is 531 g/mol. The molecule has 0 aliphatic carbocycles. The number of amides is 1. The number of hydrogen-bond donors (Lipinski definition) is 1. The number of aliphatic hydroxyl groups is 1. The fourth-order valence-electron chi connectivity index (χ4n) is 4.30. The molecule has 1 amide bonds. The van der Waals surface area contributed by atoms with E-state index in [1.807, 2.05) is 0 Å². The first-order chi connectivity index (χ1) is 17.3. The van der Waals surface area contributed by atoms with Crippen LogP contribution in [0.5, 0.6) is 23.0 Å². The molecule has 0 bridgehead atoms. The van der Waals surface area contributed by atoms with E-state index in [2.05, 4.69) is 0 Å². The van der Waals surface area contributed by atoms with Gasteiger partial charge in [-0.15, -0.1) is 0 Å². The molecule has 0 radical (unpaired) electrons. The fourth-order valence-corrected chi connectivity index (χ4v) is 4.98. The molecule has 1 aromatic heterocycles. The van der Waals surface area contributed by atoms with Gasteiger partial charge in [0.15, 0.2) is 23.0 Å². The first kappa shape index (κ1) is 23.9. The van der Waals surface area contributed by atoms with Gasteiger partial charge in [-0.3, -0.25) is 14.5 Å². The van der Waals surface area contributed by atoms with Crippen LogP contribution in [0.2, 0.25) is 10.0 Å². The number of benzene rings is 2.